The van der Waals surface area contributed by atoms with Crippen molar-refractivity contribution >= 4 is 16.4 Å². The number of quaternary nitrogens is 1. The third-order valence-electron chi connectivity index (χ3n) is 5.02. The van der Waals surface area contributed by atoms with Crippen LogP contribution in [0.5, 0.6) is 5.75 Å². The normalized spacial score (nSPS) is 26.3. The van der Waals surface area contributed by atoms with Gasteiger partial charge in [0.2, 0.25) is 0 Å². The number of carbonyl (C=O) groups excluding carboxylic acids is 1. The molecule has 0 saturated carbocycles. The number of rotatable bonds is 5. The zero-order chi connectivity index (χ0) is 17.7. The first-order chi connectivity index (χ1) is 12.0. The summed E-state index contributed by atoms with van der Waals surface area (Å²) in [6, 6.07) is 8.53. The van der Waals surface area contributed by atoms with E-state index in [0.717, 1.165) is 19.3 Å². The summed E-state index contributed by atoms with van der Waals surface area (Å²) in [7, 11) is -4.24. The van der Waals surface area contributed by atoms with Crippen LogP contribution in [0.25, 0.3) is 0 Å². The zero-order valence-corrected chi connectivity index (χ0v) is 15.0. The van der Waals surface area contributed by atoms with Crippen LogP contribution in [-0.4, -0.2) is 40.2 Å². The first-order valence-corrected chi connectivity index (χ1v) is 10.2. The van der Waals surface area contributed by atoms with Crippen LogP contribution in [-0.2, 0) is 15.0 Å². The number of carbonyl (C=O) groups is 1. The van der Waals surface area contributed by atoms with Crippen LogP contribution in [0.4, 0.5) is 4.79 Å². The minimum Gasteiger partial charge on any atom is -0.448 e. The van der Waals surface area contributed by atoms with Crippen molar-refractivity contribution in [1.82, 2.24) is 4.72 Å². The molecule has 7 nitrogen and oxygen atoms in total. The number of para-hydroxylation sites is 1. The highest BCUT2D eigenvalue weighted by molar-refractivity contribution is 7.85. The van der Waals surface area contributed by atoms with Gasteiger partial charge >= 0.3 is 16.4 Å². The second-order valence-corrected chi connectivity index (χ2v) is 7.99. The number of benzene rings is 1. The van der Waals surface area contributed by atoms with E-state index in [-0.39, 0.29) is 12.4 Å². The number of fused-ring (bicyclic) bond motifs is 1. The molecule has 2 aliphatic rings. The lowest BCUT2D eigenvalue weighted by atomic mass is 9.84. The molecule has 1 unspecified atom stereocenters. The van der Waals surface area contributed by atoms with Gasteiger partial charge < -0.3 is 13.8 Å². The number of ether oxygens (including phenoxy) is 1. The molecular formula is C17H25N2O5S+. The van der Waals surface area contributed by atoms with Gasteiger partial charge in [-0.3, -0.25) is 0 Å². The van der Waals surface area contributed by atoms with Crippen molar-refractivity contribution in [2.24, 2.45) is 5.92 Å². The lowest BCUT2D eigenvalue weighted by Gasteiger charge is -2.40. The fourth-order valence-electron chi connectivity index (χ4n) is 3.92. The molecule has 0 bridgehead atoms. The maximum atomic E-state index is 11.9. The van der Waals surface area contributed by atoms with Gasteiger partial charge in [-0.1, -0.05) is 18.2 Å². The predicted octanol–water partition coefficient (Wildman–Crippen LogP) is 0.884. The Morgan fingerprint density at radius 1 is 1.12 bits per heavy atom. The SMILES string of the molecule is O=C(NS(=O)(=O)Oc1ccccc1)OC[C@@H]1CCC[NH+]2CCCC[C@@H]12. The molecular weight excluding hydrogens is 344 g/mol. The molecule has 2 fully saturated rings. The van der Waals surface area contributed by atoms with Crippen molar-refractivity contribution in [3.05, 3.63) is 30.3 Å². The predicted molar refractivity (Wildman–Crippen MR) is 91.5 cm³/mol. The molecule has 2 heterocycles. The van der Waals surface area contributed by atoms with Crippen LogP contribution in [0.1, 0.15) is 32.1 Å². The van der Waals surface area contributed by atoms with Crippen LogP contribution < -0.4 is 13.8 Å². The summed E-state index contributed by atoms with van der Waals surface area (Å²) in [6.45, 7) is 2.63. The number of amides is 1. The highest BCUT2D eigenvalue weighted by Crippen LogP contribution is 2.20. The number of hydrogen-bond donors (Lipinski definition) is 2. The van der Waals surface area contributed by atoms with Crippen molar-refractivity contribution in [2.75, 3.05) is 19.7 Å². The van der Waals surface area contributed by atoms with Crippen molar-refractivity contribution in [2.45, 2.75) is 38.1 Å². The van der Waals surface area contributed by atoms with Gasteiger partial charge in [-0.05, 0) is 44.2 Å². The molecule has 2 saturated heterocycles. The van der Waals surface area contributed by atoms with Crippen LogP contribution in [0, 0.1) is 5.92 Å². The molecule has 0 spiro atoms. The summed E-state index contributed by atoms with van der Waals surface area (Å²) in [4.78, 5) is 13.5. The van der Waals surface area contributed by atoms with Gasteiger partial charge in [-0.2, -0.15) is 13.1 Å². The Hall–Kier alpha value is -1.80. The lowest BCUT2D eigenvalue weighted by molar-refractivity contribution is -0.940. The molecule has 0 aliphatic carbocycles. The third kappa shape index (κ3) is 5.09. The first kappa shape index (κ1) is 18.0. The molecule has 2 N–H and O–H groups in total. The van der Waals surface area contributed by atoms with Crippen molar-refractivity contribution in [1.29, 1.82) is 0 Å². The molecule has 1 aromatic rings. The summed E-state index contributed by atoms with van der Waals surface area (Å²) in [6.07, 6.45) is 4.79. The first-order valence-electron chi connectivity index (χ1n) is 8.82. The Labute approximate surface area is 148 Å². The molecule has 25 heavy (non-hydrogen) atoms. The van der Waals surface area contributed by atoms with E-state index < -0.39 is 16.4 Å². The highest BCUT2D eigenvalue weighted by atomic mass is 32.2. The van der Waals surface area contributed by atoms with Crippen molar-refractivity contribution in [3.8, 4) is 5.75 Å². The second kappa shape index (κ2) is 8.05. The molecule has 1 aromatic carbocycles. The summed E-state index contributed by atoms with van der Waals surface area (Å²) < 4.78 is 35.5. The van der Waals surface area contributed by atoms with E-state index in [2.05, 4.69) is 0 Å². The van der Waals surface area contributed by atoms with E-state index in [1.165, 1.54) is 38.1 Å². The Morgan fingerprint density at radius 2 is 1.88 bits per heavy atom. The minimum atomic E-state index is -4.24. The fraction of sp³-hybridized carbons (Fsp3) is 0.588. The van der Waals surface area contributed by atoms with Gasteiger partial charge in [0.05, 0.1) is 19.1 Å². The lowest BCUT2D eigenvalue weighted by Crippen LogP contribution is -3.18. The van der Waals surface area contributed by atoms with Gasteiger partial charge in [0.15, 0.2) is 0 Å². The van der Waals surface area contributed by atoms with E-state index in [9.17, 15) is 13.2 Å². The molecule has 3 rings (SSSR count). The molecule has 138 valence electrons. The van der Waals surface area contributed by atoms with Gasteiger partial charge in [0.25, 0.3) is 0 Å². The van der Waals surface area contributed by atoms with Gasteiger partial charge in [0.1, 0.15) is 12.4 Å². The van der Waals surface area contributed by atoms with Gasteiger partial charge in [-0.15, -0.1) is 0 Å². The maximum absolute atomic E-state index is 11.9. The molecule has 8 heteroatoms. The van der Waals surface area contributed by atoms with E-state index in [0.29, 0.717) is 12.0 Å². The Morgan fingerprint density at radius 3 is 2.68 bits per heavy atom. The number of nitrogens with one attached hydrogen (secondary N) is 2. The van der Waals surface area contributed by atoms with Gasteiger partial charge in [0, 0.05) is 5.92 Å². The molecule has 0 radical (unpaired) electrons. The molecule has 1 amide bonds. The standard InChI is InChI=1S/C17H24N2O5S/c20-17(18-25(21,22)24-15-8-2-1-3-9-15)23-13-14-7-6-12-19-11-5-4-10-16(14)19/h1-3,8-9,14,16H,4-7,10-13H2,(H,18,20)/p+1/t14-,16-/m0/s1. The average Bonchev–Trinajstić information content (AvgIpc) is 2.60. The van der Waals surface area contributed by atoms with Crippen molar-refractivity contribution in [3.63, 3.8) is 0 Å². The second-order valence-electron chi connectivity index (χ2n) is 6.71. The number of piperidine rings is 2. The Balaban J connectivity index is 1.48. The quantitative estimate of drug-likeness (QED) is 0.805. The van der Waals surface area contributed by atoms with Crippen molar-refractivity contribution < 1.29 is 27.0 Å². The molecule has 3 atom stereocenters. The average molecular weight is 369 g/mol. The summed E-state index contributed by atoms with van der Waals surface area (Å²) in [5.74, 6) is 0.434. The molecule has 2 aliphatic heterocycles. The Bertz CT molecular complexity index is 678. The van der Waals surface area contributed by atoms with E-state index in [1.54, 1.807) is 27.8 Å². The summed E-state index contributed by atoms with van der Waals surface area (Å²) in [5, 5.41) is 0. The Kier molecular flexibility index (Phi) is 5.80. The van der Waals surface area contributed by atoms with Crippen LogP contribution in [0.3, 0.4) is 0 Å². The van der Waals surface area contributed by atoms with E-state index in [1.807, 2.05) is 0 Å². The largest absolute Gasteiger partial charge is 0.448 e. The van der Waals surface area contributed by atoms with E-state index >= 15 is 0 Å². The monoisotopic (exact) mass is 369 g/mol. The van der Waals surface area contributed by atoms with E-state index in [4.69, 9.17) is 8.92 Å². The smallest absolute Gasteiger partial charge is 0.423 e. The third-order valence-corrected chi connectivity index (χ3v) is 5.84. The minimum absolute atomic E-state index is 0.136. The van der Waals surface area contributed by atoms with Crippen LogP contribution in [0.2, 0.25) is 0 Å². The summed E-state index contributed by atoms with van der Waals surface area (Å²) in [5.41, 5.74) is 0. The topological polar surface area (TPSA) is 86.1 Å². The molecule has 0 aromatic heterocycles. The highest BCUT2D eigenvalue weighted by Gasteiger charge is 2.37. The summed E-state index contributed by atoms with van der Waals surface area (Å²) >= 11 is 0. The van der Waals surface area contributed by atoms with Gasteiger partial charge in [-0.25, -0.2) is 4.79 Å². The number of hydrogen-bond acceptors (Lipinski definition) is 5. The van der Waals surface area contributed by atoms with Crippen LogP contribution >= 0.6 is 0 Å². The maximum Gasteiger partial charge on any atom is 0.423 e. The fourth-order valence-corrected chi connectivity index (χ4v) is 4.58. The zero-order valence-electron chi connectivity index (χ0n) is 14.1. The van der Waals surface area contributed by atoms with Crippen LogP contribution in [0.15, 0.2) is 30.3 Å².